The molecule has 0 atom stereocenters. The molecule has 70 valence electrons. The molecule has 0 saturated heterocycles. The summed E-state index contributed by atoms with van der Waals surface area (Å²) in [7, 11) is 0. The fourth-order valence-corrected chi connectivity index (χ4v) is 0.840. The quantitative estimate of drug-likeness (QED) is 0.464. The second kappa shape index (κ2) is 7.22. The standard InChI is InChI=1S/C11H16N2/c1-5-9-10(6-2)11(12-7-3)13-8-4/h5-9H,2H2,1,3-4H3/b9-5-,11-10?,12-7?,13-8?. The molecule has 0 heterocycles. The summed E-state index contributed by atoms with van der Waals surface area (Å²) in [6, 6.07) is 0. The normalized spacial score (nSPS) is 11.6. The molecule has 0 aromatic carbocycles. The van der Waals surface area contributed by atoms with Crippen molar-refractivity contribution in [2.24, 2.45) is 9.98 Å². The van der Waals surface area contributed by atoms with Gasteiger partial charge in [0.1, 0.15) is 0 Å². The minimum absolute atomic E-state index is 0.693. The Balaban J connectivity index is 5.10. The summed E-state index contributed by atoms with van der Waals surface area (Å²) in [5.41, 5.74) is 0.929. The first kappa shape index (κ1) is 11.6. The zero-order valence-electron chi connectivity index (χ0n) is 8.49. The van der Waals surface area contributed by atoms with Gasteiger partial charge < -0.3 is 0 Å². The average molecular weight is 176 g/mol. The van der Waals surface area contributed by atoms with Crippen molar-refractivity contribution in [1.82, 2.24) is 0 Å². The topological polar surface area (TPSA) is 24.7 Å². The van der Waals surface area contributed by atoms with Crippen LogP contribution in [0.3, 0.4) is 0 Å². The van der Waals surface area contributed by atoms with Crippen LogP contribution in [0.2, 0.25) is 0 Å². The van der Waals surface area contributed by atoms with Crippen LogP contribution < -0.4 is 0 Å². The van der Waals surface area contributed by atoms with Gasteiger partial charge in [0.25, 0.3) is 0 Å². The molecule has 0 saturated carbocycles. The van der Waals surface area contributed by atoms with Gasteiger partial charge in [-0.25, -0.2) is 9.98 Å². The fraction of sp³-hybridized carbons (Fsp3) is 0.273. The molecule has 0 rings (SSSR count). The third kappa shape index (κ3) is 4.21. The summed E-state index contributed by atoms with van der Waals surface area (Å²) in [5.74, 6) is 0.693. The second-order valence-electron chi connectivity index (χ2n) is 2.26. The molecule has 0 aliphatic rings. The highest BCUT2D eigenvalue weighted by Gasteiger charge is 1.94. The Kier molecular flexibility index (Phi) is 6.42. The lowest BCUT2D eigenvalue weighted by Crippen LogP contribution is -1.81. The lowest BCUT2D eigenvalue weighted by atomic mass is 10.2. The highest BCUT2D eigenvalue weighted by atomic mass is 14.9. The molecule has 0 aliphatic heterocycles. The van der Waals surface area contributed by atoms with Crippen LogP contribution in [0.1, 0.15) is 20.8 Å². The van der Waals surface area contributed by atoms with Crippen LogP contribution in [0.25, 0.3) is 0 Å². The number of rotatable bonds is 4. The van der Waals surface area contributed by atoms with E-state index in [4.69, 9.17) is 0 Å². The summed E-state index contributed by atoms with van der Waals surface area (Å²) >= 11 is 0. The average Bonchev–Trinajstić information content (AvgIpc) is 2.14. The Morgan fingerprint density at radius 1 is 1.08 bits per heavy atom. The molecule has 0 fully saturated rings. The van der Waals surface area contributed by atoms with Gasteiger partial charge >= 0.3 is 0 Å². The van der Waals surface area contributed by atoms with Gasteiger partial charge in [0.05, 0.1) is 0 Å². The SMILES string of the molecule is C=CC(/C=C\C)=C(N=CC)N=CC. The van der Waals surface area contributed by atoms with Crippen LogP contribution in [-0.2, 0) is 0 Å². The fourth-order valence-electron chi connectivity index (χ4n) is 0.840. The van der Waals surface area contributed by atoms with E-state index in [1.54, 1.807) is 18.5 Å². The van der Waals surface area contributed by atoms with Gasteiger partial charge in [0, 0.05) is 18.0 Å². The molecule has 0 amide bonds. The van der Waals surface area contributed by atoms with E-state index in [0.29, 0.717) is 5.82 Å². The van der Waals surface area contributed by atoms with Crippen LogP contribution in [0.4, 0.5) is 0 Å². The van der Waals surface area contributed by atoms with Crippen LogP contribution in [0, 0.1) is 0 Å². The molecular weight excluding hydrogens is 160 g/mol. The Bertz CT molecular complexity index is 254. The van der Waals surface area contributed by atoms with Crippen molar-refractivity contribution in [2.45, 2.75) is 20.8 Å². The van der Waals surface area contributed by atoms with E-state index >= 15 is 0 Å². The molecule has 2 heteroatoms. The molecule has 0 bridgehead atoms. The molecule has 2 nitrogen and oxygen atoms in total. The van der Waals surface area contributed by atoms with E-state index in [9.17, 15) is 0 Å². The monoisotopic (exact) mass is 176 g/mol. The largest absolute Gasteiger partial charge is 0.241 e. The van der Waals surface area contributed by atoms with Crippen LogP contribution in [-0.4, -0.2) is 12.4 Å². The Morgan fingerprint density at radius 3 is 1.92 bits per heavy atom. The molecule has 0 aromatic heterocycles. The van der Waals surface area contributed by atoms with Crippen LogP contribution in [0.5, 0.6) is 0 Å². The van der Waals surface area contributed by atoms with Crippen molar-refractivity contribution in [3.05, 3.63) is 36.2 Å². The summed E-state index contributed by atoms with van der Waals surface area (Å²) in [6.45, 7) is 9.38. The predicted molar refractivity (Wildman–Crippen MR) is 60.4 cm³/mol. The van der Waals surface area contributed by atoms with Crippen molar-refractivity contribution in [2.75, 3.05) is 0 Å². The Morgan fingerprint density at radius 2 is 1.62 bits per heavy atom. The van der Waals surface area contributed by atoms with Crippen molar-refractivity contribution >= 4 is 12.4 Å². The molecule has 0 unspecified atom stereocenters. The summed E-state index contributed by atoms with van der Waals surface area (Å²) < 4.78 is 0. The first-order valence-corrected chi connectivity index (χ1v) is 4.26. The summed E-state index contributed by atoms with van der Waals surface area (Å²) in [5, 5.41) is 0. The van der Waals surface area contributed by atoms with Gasteiger partial charge in [-0.15, -0.1) is 0 Å². The maximum Gasteiger partial charge on any atom is 0.158 e. The van der Waals surface area contributed by atoms with Crippen molar-refractivity contribution in [1.29, 1.82) is 0 Å². The molecule has 0 radical (unpaired) electrons. The Hall–Kier alpha value is -1.44. The van der Waals surface area contributed by atoms with E-state index < -0.39 is 0 Å². The zero-order chi connectivity index (χ0) is 10.1. The van der Waals surface area contributed by atoms with Gasteiger partial charge in [0.2, 0.25) is 0 Å². The summed E-state index contributed by atoms with van der Waals surface area (Å²) in [4.78, 5) is 8.28. The number of aliphatic imine (C=N–C) groups is 2. The highest BCUT2D eigenvalue weighted by Crippen LogP contribution is 2.09. The maximum absolute atomic E-state index is 4.14. The first-order valence-electron chi connectivity index (χ1n) is 4.26. The van der Waals surface area contributed by atoms with Gasteiger partial charge in [-0.3, -0.25) is 0 Å². The zero-order valence-corrected chi connectivity index (χ0v) is 8.49. The lowest BCUT2D eigenvalue weighted by molar-refractivity contribution is 1.22. The first-order chi connectivity index (χ1) is 6.29. The van der Waals surface area contributed by atoms with Gasteiger partial charge in [-0.05, 0) is 20.8 Å². The van der Waals surface area contributed by atoms with Crippen molar-refractivity contribution in [3.8, 4) is 0 Å². The molecule has 0 N–H and O–H groups in total. The highest BCUT2D eigenvalue weighted by molar-refractivity contribution is 5.60. The molecule has 0 aliphatic carbocycles. The number of nitrogens with zero attached hydrogens (tertiary/aromatic N) is 2. The van der Waals surface area contributed by atoms with E-state index in [-0.39, 0.29) is 0 Å². The molecule has 0 aromatic rings. The smallest absolute Gasteiger partial charge is 0.158 e. The molecular formula is C11H16N2. The van der Waals surface area contributed by atoms with E-state index in [1.165, 1.54) is 0 Å². The van der Waals surface area contributed by atoms with Crippen molar-refractivity contribution in [3.63, 3.8) is 0 Å². The third-order valence-electron chi connectivity index (χ3n) is 1.33. The van der Waals surface area contributed by atoms with Gasteiger partial charge in [0.15, 0.2) is 5.82 Å². The Labute approximate surface area is 80.1 Å². The minimum atomic E-state index is 0.693. The van der Waals surface area contributed by atoms with E-state index in [1.807, 2.05) is 32.9 Å². The predicted octanol–water partition coefficient (Wildman–Crippen LogP) is 3.14. The lowest BCUT2D eigenvalue weighted by Gasteiger charge is -1.97. The third-order valence-corrected chi connectivity index (χ3v) is 1.33. The molecule has 0 spiro atoms. The summed E-state index contributed by atoms with van der Waals surface area (Å²) in [6.07, 6.45) is 9.05. The number of hydrogen-bond donors (Lipinski definition) is 0. The molecule has 13 heavy (non-hydrogen) atoms. The van der Waals surface area contributed by atoms with E-state index in [0.717, 1.165) is 5.57 Å². The van der Waals surface area contributed by atoms with Crippen LogP contribution in [0.15, 0.2) is 46.2 Å². The van der Waals surface area contributed by atoms with Crippen molar-refractivity contribution < 1.29 is 0 Å². The number of hydrogen-bond acceptors (Lipinski definition) is 2. The van der Waals surface area contributed by atoms with Gasteiger partial charge in [-0.1, -0.05) is 24.8 Å². The maximum atomic E-state index is 4.14. The van der Waals surface area contributed by atoms with E-state index in [2.05, 4.69) is 16.6 Å². The van der Waals surface area contributed by atoms with Crippen LogP contribution >= 0.6 is 0 Å². The van der Waals surface area contributed by atoms with Gasteiger partial charge in [-0.2, -0.15) is 0 Å². The number of allylic oxidation sites excluding steroid dienone is 4. The second-order valence-corrected chi connectivity index (χ2v) is 2.26. The minimum Gasteiger partial charge on any atom is -0.241 e.